The number of carbonyl (C=O) groups excluding carboxylic acids is 1. The van der Waals surface area contributed by atoms with Crippen LogP contribution in [0.25, 0.3) is 0 Å². The van der Waals surface area contributed by atoms with E-state index < -0.39 is 0 Å². The largest absolute Gasteiger partial charge is 0.345 e. The normalized spacial score (nSPS) is 10.5. The van der Waals surface area contributed by atoms with Crippen LogP contribution < -0.4 is 0 Å². The summed E-state index contributed by atoms with van der Waals surface area (Å²) in [7, 11) is 0. The Kier molecular flexibility index (Phi) is 3.59. The third kappa shape index (κ3) is 2.94. The van der Waals surface area contributed by atoms with Gasteiger partial charge in [-0.25, -0.2) is 4.98 Å². The monoisotopic (exact) mass is 248 g/mol. The third-order valence-electron chi connectivity index (χ3n) is 2.62. The van der Waals surface area contributed by atoms with Crippen molar-refractivity contribution in [1.82, 2.24) is 9.97 Å². The first-order chi connectivity index (χ1) is 8.19. The standard InChI is InChI=1S/C13H13ClN2O/c1-9-15-12(13(8-17)16-9)7-4-10-2-5-11(14)6-3-10/h2-3,5-6,8H,4,7H2,1H3,(H,15,16). The van der Waals surface area contributed by atoms with Crippen molar-refractivity contribution in [3.63, 3.8) is 0 Å². The summed E-state index contributed by atoms with van der Waals surface area (Å²) in [6.07, 6.45) is 2.43. The Morgan fingerprint density at radius 2 is 2.00 bits per heavy atom. The molecule has 1 N–H and O–H groups in total. The molecule has 0 aliphatic carbocycles. The lowest BCUT2D eigenvalue weighted by Gasteiger charge is -2.00. The highest BCUT2D eigenvalue weighted by atomic mass is 35.5. The van der Waals surface area contributed by atoms with Gasteiger partial charge in [-0.2, -0.15) is 0 Å². The van der Waals surface area contributed by atoms with E-state index in [1.807, 2.05) is 31.2 Å². The topological polar surface area (TPSA) is 45.8 Å². The Hall–Kier alpha value is -1.61. The lowest BCUT2D eigenvalue weighted by molar-refractivity contribution is 0.111. The van der Waals surface area contributed by atoms with Crippen molar-refractivity contribution in [2.45, 2.75) is 19.8 Å². The fraction of sp³-hybridized carbons (Fsp3) is 0.231. The Labute approximate surface area is 105 Å². The molecule has 0 atom stereocenters. The van der Waals surface area contributed by atoms with Crippen LogP contribution in [-0.4, -0.2) is 16.3 Å². The summed E-state index contributed by atoms with van der Waals surface area (Å²) in [5.74, 6) is 0.776. The van der Waals surface area contributed by atoms with E-state index in [9.17, 15) is 4.79 Å². The molecule has 1 aromatic heterocycles. The van der Waals surface area contributed by atoms with E-state index >= 15 is 0 Å². The van der Waals surface area contributed by atoms with Crippen LogP contribution in [0.4, 0.5) is 0 Å². The average Bonchev–Trinajstić information content (AvgIpc) is 2.69. The molecule has 2 rings (SSSR count). The van der Waals surface area contributed by atoms with Crippen molar-refractivity contribution in [3.05, 3.63) is 52.1 Å². The molecule has 0 aliphatic rings. The highest BCUT2D eigenvalue weighted by molar-refractivity contribution is 6.30. The van der Waals surface area contributed by atoms with Crippen molar-refractivity contribution in [3.8, 4) is 0 Å². The summed E-state index contributed by atoms with van der Waals surface area (Å²) in [5, 5.41) is 0.736. The summed E-state index contributed by atoms with van der Waals surface area (Å²) in [4.78, 5) is 18.0. The molecule has 0 bridgehead atoms. The molecule has 0 aliphatic heterocycles. The maximum absolute atomic E-state index is 10.8. The Balaban J connectivity index is 2.06. The first-order valence-corrected chi connectivity index (χ1v) is 5.82. The number of nitrogens with zero attached hydrogens (tertiary/aromatic N) is 1. The summed E-state index contributed by atoms with van der Waals surface area (Å²) >= 11 is 5.82. The van der Waals surface area contributed by atoms with Crippen LogP contribution in [0, 0.1) is 6.92 Å². The molecule has 1 heterocycles. The minimum atomic E-state index is 0.511. The highest BCUT2D eigenvalue weighted by Gasteiger charge is 2.07. The molecule has 4 heteroatoms. The van der Waals surface area contributed by atoms with Gasteiger partial charge < -0.3 is 4.98 Å². The molecule has 0 saturated carbocycles. The SMILES string of the molecule is Cc1nc(C=O)c(CCc2ccc(Cl)cc2)[nH]1. The van der Waals surface area contributed by atoms with Gasteiger partial charge >= 0.3 is 0 Å². The smallest absolute Gasteiger partial charge is 0.170 e. The molecule has 1 aromatic carbocycles. The number of rotatable bonds is 4. The second-order valence-electron chi connectivity index (χ2n) is 3.93. The third-order valence-corrected chi connectivity index (χ3v) is 2.87. The van der Waals surface area contributed by atoms with Gasteiger partial charge in [0.25, 0.3) is 0 Å². The number of hydrogen-bond acceptors (Lipinski definition) is 2. The number of aldehydes is 1. The maximum Gasteiger partial charge on any atom is 0.170 e. The lowest BCUT2D eigenvalue weighted by atomic mass is 10.1. The van der Waals surface area contributed by atoms with E-state index in [4.69, 9.17) is 11.6 Å². The van der Waals surface area contributed by atoms with Crippen molar-refractivity contribution < 1.29 is 4.79 Å². The number of carbonyl (C=O) groups is 1. The molecule has 88 valence electrons. The molecule has 0 saturated heterocycles. The van der Waals surface area contributed by atoms with Gasteiger partial charge in [-0.05, 0) is 37.5 Å². The van der Waals surface area contributed by atoms with Gasteiger partial charge in [0.1, 0.15) is 11.5 Å². The minimum absolute atomic E-state index is 0.511. The van der Waals surface area contributed by atoms with Gasteiger partial charge in [0.05, 0.1) is 0 Å². The van der Waals surface area contributed by atoms with E-state index in [2.05, 4.69) is 9.97 Å². The van der Waals surface area contributed by atoms with Gasteiger partial charge in [-0.1, -0.05) is 23.7 Å². The molecule has 0 unspecified atom stereocenters. The molecule has 0 amide bonds. The van der Waals surface area contributed by atoms with E-state index in [-0.39, 0.29) is 0 Å². The molecule has 3 nitrogen and oxygen atoms in total. The van der Waals surface area contributed by atoms with Crippen LogP contribution in [0.2, 0.25) is 5.02 Å². The second kappa shape index (κ2) is 5.15. The number of H-pyrrole nitrogens is 1. The van der Waals surface area contributed by atoms with Gasteiger partial charge in [0, 0.05) is 10.7 Å². The number of benzene rings is 1. The van der Waals surface area contributed by atoms with Crippen LogP contribution in [-0.2, 0) is 12.8 Å². The van der Waals surface area contributed by atoms with E-state index in [0.717, 1.165) is 35.7 Å². The van der Waals surface area contributed by atoms with Crippen LogP contribution in [0.1, 0.15) is 27.6 Å². The zero-order valence-corrected chi connectivity index (χ0v) is 10.3. The number of aryl methyl sites for hydroxylation is 3. The van der Waals surface area contributed by atoms with E-state index in [1.165, 1.54) is 5.56 Å². The molecule has 0 spiro atoms. The van der Waals surface area contributed by atoms with Crippen LogP contribution in [0.15, 0.2) is 24.3 Å². The Morgan fingerprint density at radius 3 is 2.65 bits per heavy atom. The zero-order valence-electron chi connectivity index (χ0n) is 9.53. The van der Waals surface area contributed by atoms with E-state index in [0.29, 0.717) is 5.69 Å². The van der Waals surface area contributed by atoms with Crippen molar-refractivity contribution in [2.24, 2.45) is 0 Å². The predicted octanol–water partition coefficient (Wildman–Crippen LogP) is 2.97. The van der Waals surface area contributed by atoms with E-state index in [1.54, 1.807) is 0 Å². The van der Waals surface area contributed by atoms with Crippen LogP contribution in [0.3, 0.4) is 0 Å². The van der Waals surface area contributed by atoms with Crippen LogP contribution in [0.5, 0.6) is 0 Å². The van der Waals surface area contributed by atoms with Crippen molar-refractivity contribution >= 4 is 17.9 Å². The number of aromatic amines is 1. The summed E-state index contributed by atoms with van der Waals surface area (Å²) in [6, 6.07) is 7.73. The zero-order chi connectivity index (χ0) is 12.3. The van der Waals surface area contributed by atoms with Gasteiger partial charge in [-0.3, -0.25) is 4.79 Å². The summed E-state index contributed by atoms with van der Waals surface area (Å²) in [5.41, 5.74) is 2.60. The summed E-state index contributed by atoms with van der Waals surface area (Å²) < 4.78 is 0. The quantitative estimate of drug-likeness (QED) is 0.846. The number of hydrogen-bond donors (Lipinski definition) is 1. The number of halogens is 1. The molecular weight excluding hydrogens is 236 g/mol. The maximum atomic E-state index is 10.8. The number of nitrogens with one attached hydrogen (secondary N) is 1. The number of imidazole rings is 1. The Bertz CT molecular complexity index is 517. The van der Waals surface area contributed by atoms with Crippen LogP contribution >= 0.6 is 11.6 Å². The first kappa shape index (κ1) is 11.9. The highest BCUT2D eigenvalue weighted by Crippen LogP contribution is 2.12. The molecule has 2 aromatic rings. The van der Waals surface area contributed by atoms with Crippen molar-refractivity contribution in [2.75, 3.05) is 0 Å². The molecular formula is C13H13ClN2O. The van der Waals surface area contributed by atoms with Gasteiger partial charge in [0.2, 0.25) is 0 Å². The molecule has 0 radical (unpaired) electrons. The summed E-state index contributed by atoms with van der Waals surface area (Å²) in [6.45, 7) is 1.85. The lowest BCUT2D eigenvalue weighted by Crippen LogP contribution is -1.95. The Morgan fingerprint density at radius 1 is 1.29 bits per heavy atom. The average molecular weight is 249 g/mol. The molecule has 17 heavy (non-hydrogen) atoms. The number of aromatic nitrogens is 2. The van der Waals surface area contributed by atoms with Crippen molar-refractivity contribution in [1.29, 1.82) is 0 Å². The molecule has 0 fully saturated rings. The van der Waals surface area contributed by atoms with Gasteiger partial charge in [-0.15, -0.1) is 0 Å². The second-order valence-corrected chi connectivity index (χ2v) is 4.37. The van der Waals surface area contributed by atoms with Gasteiger partial charge in [0.15, 0.2) is 6.29 Å². The fourth-order valence-corrected chi connectivity index (χ4v) is 1.89. The predicted molar refractivity (Wildman–Crippen MR) is 67.6 cm³/mol. The fourth-order valence-electron chi connectivity index (χ4n) is 1.77. The first-order valence-electron chi connectivity index (χ1n) is 5.44. The minimum Gasteiger partial charge on any atom is -0.345 e.